The lowest BCUT2D eigenvalue weighted by Crippen LogP contribution is -3.10. The Morgan fingerprint density at radius 3 is 2.73 bits per heavy atom. The molecule has 1 aliphatic heterocycles. The van der Waals surface area contributed by atoms with Crippen molar-refractivity contribution in [1.29, 1.82) is 0 Å². The van der Waals surface area contributed by atoms with E-state index in [4.69, 9.17) is 4.98 Å². The molecule has 3 heterocycles. The van der Waals surface area contributed by atoms with E-state index in [2.05, 4.69) is 10.3 Å². The van der Waals surface area contributed by atoms with Gasteiger partial charge in [-0.15, -0.1) is 0 Å². The number of fused-ring (bicyclic) bond motifs is 1. The molecular formula is C20H24N5O+. The maximum absolute atomic E-state index is 12.5. The van der Waals surface area contributed by atoms with Crippen molar-refractivity contribution in [3.05, 3.63) is 48.7 Å². The molecule has 2 aromatic heterocycles. The van der Waals surface area contributed by atoms with Crippen molar-refractivity contribution in [3.8, 4) is 11.5 Å². The number of imidazole rings is 1. The number of carbonyl (C=O) groups excluding carboxylic acids is 1. The minimum atomic E-state index is 0.0175. The second-order valence-corrected chi connectivity index (χ2v) is 6.78. The lowest BCUT2D eigenvalue weighted by Gasteiger charge is -2.13. The Morgan fingerprint density at radius 2 is 1.92 bits per heavy atom. The molecule has 1 fully saturated rings. The van der Waals surface area contributed by atoms with Crippen molar-refractivity contribution < 1.29 is 9.69 Å². The zero-order chi connectivity index (χ0) is 17.8. The number of hydrogen-bond donors (Lipinski definition) is 2. The number of aromatic nitrogens is 3. The van der Waals surface area contributed by atoms with E-state index >= 15 is 0 Å². The average Bonchev–Trinajstić information content (AvgIpc) is 3.31. The van der Waals surface area contributed by atoms with Gasteiger partial charge in [0.25, 0.3) is 0 Å². The topological polar surface area (TPSA) is 64.2 Å². The van der Waals surface area contributed by atoms with E-state index in [0.29, 0.717) is 0 Å². The molecule has 4 rings (SSSR count). The van der Waals surface area contributed by atoms with E-state index < -0.39 is 0 Å². The van der Waals surface area contributed by atoms with Crippen molar-refractivity contribution in [3.63, 3.8) is 0 Å². The van der Waals surface area contributed by atoms with Crippen LogP contribution in [0.1, 0.15) is 12.8 Å². The lowest BCUT2D eigenvalue weighted by molar-refractivity contribution is -0.886. The van der Waals surface area contributed by atoms with Gasteiger partial charge in [-0.2, -0.15) is 0 Å². The summed E-state index contributed by atoms with van der Waals surface area (Å²) in [4.78, 5) is 23.2. The number of nitrogens with one attached hydrogen (secondary N) is 2. The number of pyridine rings is 1. The van der Waals surface area contributed by atoms with Crippen LogP contribution in [0.4, 0.5) is 0 Å². The van der Waals surface area contributed by atoms with Crippen LogP contribution in [0, 0.1) is 0 Å². The molecule has 6 heteroatoms. The average molecular weight is 350 g/mol. The Balaban J connectivity index is 1.52. The number of likely N-dealkylation sites (tertiary alicyclic amines) is 1. The van der Waals surface area contributed by atoms with Crippen LogP contribution in [0.5, 0.6) is 0 Å². The Morgan fingerprint density at radius 1 is 1.12 bits per heavy atom. The van der Waals surface area contributed by atoms with Gasteiger partial charge >= 0.3 is 0 Å². The summed E-state index contributed by atoms with van der Waals surface area (Å²) in [6.07, 6.45) is 4.35. The quantitative estimate of drug-likeness (QED) is 0.694. The van der Waals surface area contributed by atoms with Crippen molar-refractivity contribution >= 4 is 16.9 Å². The molecule has 0 saturated carbocycles. The van der Waals surface area contributed by atoms with Crippen molar-refractivity contribution in [2.75, 3.05) is 26.2 Å². The standard InChI is InChI=1S/C20H23N5O/c26-19(22-11-14-24-12-5-6-13-24)15-25-18-9-2-1-7-16(18)23-20(25)17-8-3-4-10-21-17/h1-4,7-10H,5-6,11-15H2,(H,22,26)/p+1. The van der Waals surface area contributed by atoms with Crippen LogP contribution in [-0.4, -0.2) is 46.6 Å². The van der Waals surface area contributed by atoms with Gasteiger partial charge in [0.2, 0.25) is 5.91 Å². The summed E-state index contributed by atoms with van der Waals surface area (Å²) < 4.78 is 1.95. The van der Waals surface area contributed by atoms with E-state index in [-0.39, 0.29) is 12.5 Å². The van der Waals surface area contributed by atoms with Gasteiger partial charge in [-0.1, -0.05) is 18.2 Å². The molecule has 1 aromatic carbocycles. The molecule has 1 amide bonds. The van der Waals surface area contributed by atoms with Gasteiger partial charge in [-0.3, -0.25) is 9.78 Å². The fraction of sp³-hybridized carbons (Fsp3) is 0.350. The molecule has 0 radical (unpaired) electrons. The number of rotatable bonds is 6. The highest BCUT2D eigenvalue weighted by Gasteiger charge is 2.17. The zero-order valence-electron chi connectivity index (χ0n) is 14.8. The summed E-state index contributed by atoms with van der Waals surface area (Å²) in [5.74, 6) is 0.746. The molecule has 0 unspecified atom stereocenters. The van der Waals surface area contributed by atoms with E-state index in [1.165, 1.54) is 25.9 Å². The monoisotopic (exact) mass is 350 g/mol. The lowest BCUT2D eigenvalue weighted by atomic mass is 10.3. The first-order valence-corrected chi connectivity index (χ1v) is 9.28. The number of para-hydroxylation sites is 2. The van der Waals surface area contributed by atoms with Gasteiger partial charge in [-0.25, -0.2) is 4.98 Å². The highest BCUT2D eigenvalue weighted by molar-refractivity contribution is 5.84. The third-order valence-electron chi connectivity index (χ3n) is 4.96. The molecule has 134 valence electrons. The van der Waals surface area contributed by atoms with Crippen molar-refractivity contribution in [2.24, 2.45) is 0 Å². The highest BCUT2D eigenvalue weighted by atomic mass is 16.1. The number of amides is 1. The first kappa shape index (κ1) is 16.7. The smallest absolute Gasteiger partial charge is 0.240 e. The zero-order valence-corrected chi connectivity index (χ0v) is 14.8. The number of nitrogens with zero attached hydrogens (tertiary/aromatic N) is 3. The summed E-state index contributed by atoms with van der Waals surface area (Å²) >= 11 is 0. The van der Waals surface area contributed by atoms with Crippen LogP contribution < -0.4 is 10.2 Å². The minimum absolute atomic E-state index is 0.0175. The summed E-state index contributed by atoms with van der Waals surface area (Å²) in [5.41, 5.74) is 2.61. The Labute approximate surface area is 152 Å². The molecular weight excluding hydrogens is 326 g/mol. The summed E-state index contributed by atoms with van der Waals surface area (Å²) in [6, 6.07) is 13.6. The molecule has 26 heavy (non-hydrogen) atoms. The predicted molar refractivity (Wildman–Crippen MR) is 101 cm³/mol. The normalized spacial score (nSPS) is 14.8. The summed E-state index contributed by atoms with van der Waals surface area (Å²) in [6.45, 7) is 4.43. The fourth-order valence-electron chi connectivity index (χ4n) is 3.63. The van der Waals surface area contributed by atoms with Gasteiger partial charge < -0.3 is 14.8 Å². The molecule has 0 spiro atoms. The number of benzene rings is 1. The van der Waals surface area contributed by atoms with Crippen molar-refractivity contribution in [2.45, 2.75) is 19.4 Å². The van der Waals surface area contributed by atoms with E-state index in [9.17, 15) is 4.79 Å². The summed E-state index contributed by atoms with van der Waals surface area (Å²) in [5, 5.41) is 3.06. The molecule has 1 aliphatic rings. The Hall–Kier alpha value is -2.73. The number of carbonyl (C=O) groups is 1. The predicted octanol–water partition coefficient (Wildman–Crippen LogP) is 0.893. The molecule has 0 atom stereocenters. The van der Waals surface area contributed by atoms with Gasteiger partial charge in [-0.05, 0) is 24.3 Å². The van der Waals surface area contributed by atoms with Crippen molar-refractivity contribution in [1.82, 2.24) is 19.9 Å². The van der Waals surface area contributed by atoms with Crippen LogP contribution in [0.2, 0.25) is 0 Å². The highest BCUT2D eigenvalue weighted by Crippen LogP contribution is 2.23. The van der Waals surface area contributed by atoms with Gasteiger partial charge in [0, 0.05) is 19.0 Å². The molecule has 3 aromatic rings. The first-order valence-electron chi connectivity index (χ1n) is 9.28. The molecule has 0 bridgehead atoms. The van der Waals surface area contributed by atoms with Gasteiger partial charge in [0.1, 0.15) is 12.2 Å². The second kappa shape index (κ2) is 7.66. The van der Waals surface area contributed by atoms with Crippen LogP contribution in [0.15, 0.2) is 48.7 Å². The number of quaternary nitrogens is 1. The Kier molecular flexibility index (Phi) is 4.93. The molecule has 0 aliphatic carbocycles. The van der Waals surface area contributed by atoms with Crippen LogP contribution in [-0.2, 0) is 11.3 Å². The van der Waals surface area contributed by atoms with Gasteiger partial charge in [0.05, 0.1) is 37.2 Å². The van der Waals surface area contributed by atoms with Crippen LogP contribution >= 0.6 is 0 Å². The van der Waals surface area contributed by atoms with Gasteiger partial charge in [0.15, 0.2) is 5.82 Å². The summed E-state index contributed by atoms with van der Waals surface area (Å²) in [7, 11) is 0. The maximum Gasteiger partial charge on any atom is 0.240 e. The van der Waals surface area contributed by atoms with Crippen LogP contribution in [0.25, 0.3) is 22.6 Å². The van der Waals surface area contributed by atoms with Crippen LogP contribution in [0.3, 0.4) is 0 Å². The van der Waals surface area contributed by atoms with E-state index in [0.717, 1.165) is 35.6 Å². The second-order valence-electron chi connectivity index (χ2n) is 6.78. The molecule has 2 N–H and O–H groups in total. The first-order chi connectivity index (χ1) is 12.8. The Bertz CT molecular complexity index is 884. The number of hydrogen-bond acceptors (Lipinski definition) is 3. The largest absolute Gasteiger partial charge is 0.349 e. The fourth-order valence-corrected chi connectivity index (χ4v) is 3.63. The maximum atomic E-state index is 12.5. The third kappa shape index (κ3) is 3.60. The third-order valence-corrected chi connectivity index (χ3v) is 4.96. The molecule has 6 nitrogen and oxygen atoms in total. The SMILES string of the molecule is O=C(Cn1c(-c2ccccn2)nc2ccccc21)NCC[NH+]1CCCC1. The van der Waals surface area contributed by atoms with E-state index in [1.807, 2.05) is 47.0 Å². The minimum Gasteiger partial charge on any atom is -0.349 e. The van der Waals surface area contributed by atoms with E-state index in [1.54, 1.807) is 11.1 Å². The molecule has 1 saturated heterocycles.